The van der Waals surface area contributed by atoms with Gasteiger partial charge in [0.05, 0.1) is 12.6 Å². The second-order valence-electron chi connectivity index (χ2n) is 8.40. The SMILES string of the molecule is CC1CCc2c(ccc(C(C=NC3CC3)=CN)c2OCCN2CCCC2=O)N1C. The molecule has 0 aromatic heterocycles. The van der Waals surface area contributed by atoms with Crippen LogP contribution in [0.5, 0.6) is 5.75 Å². The van der Waals surface area contributed by atoms with E-state index in [1.54, 1.807) is 6.20 Å². The Morgan fingerprint density at radius 3 is 2.83 bits per heavy atom. The van der Waals surface area contributed by atoms with Crippen molar-refractivity contribution in [3.63, 3.8) is 0 Å². The third kappa shape index (κ3) is 4.26. The first-order chi connectivity index (χ1) is 14.1. The smallest absolute Gasteiger partial charge is 0.222 e. The molecule has 1 aromatic carbocycles. The van der Waals surface area contributed by atoms with Gasteiger partial charge in [0.25, 0.3) is 0 Å². The van der Waals surface area contributed by atoms with Crippen LogP contribution in [0.15, 0.2) is 23.3 Å². The Bertz CT molecular complexity index is 828. The Hall–Kier alpha value is -2.50. The second-order valence-corrected chi connectivity index (χ2v) is 8.40. The van der Waals surface area contributed by atoms with E-state index in [-0.39, 0.29) is 5.91 Å². The van der Waals surface area contributed by atoms with Crippen molar-refractivity contribution in [2.24, 2.45) is 10.7 Å². The molecule has 0 spiro atoms. The van der Waals surface area contributed by atoms with Crippen molar-refractivity contribution >= 4 is 23.4 Å². The molecule has 1 saturated carbocycles. The molecule has 156 valence electrons. The molecule has 1 aromatic rings. The van der Waals surface area contributed by atoms with E-state index in [4.69, 9.17) is 10.5 Å². The predicted molar refractivity (Wildman–Crippen MR) is 118 cm³/mol. The zero-order chi connectivity index (χ0) is 20.4. The molecule has 1 amide bonds. The summed E-state index contributed by atoms with van der Waals surface area (Å²) in [4.78, 5) is 20.8. The van der Waals surface area contributed by atoms with Gasteiger partial charge in [-0.2, -0.15) is 0 Å². The molecule has 3 aliphatic rings. The topological polar surface area (TPSA) is 71.2 Å². The number of nitrogens with two attached hydrogens (primary N) is 1. The normalized spacial score (nSPS) is 22.5. The van der Waals surface area contributed by atoms with Crippen LogP contribution >= 0.6 is 0 Å². The number of rotatable bonds is 7. The number of carbonyl (C=O) groups excluding carboxylic acids is 1. The van der Waals surface area contributed by atoms with Gasteiger partial charge in [0.15, 0.2) is 0 Å². The maximum atomic E-state index is 11.9. The molecule has 0 bridgehead atoms. The molecule has 2 N–H and O–H groups in total. The molecule has 2 fully saturated rings. The zero-order valence-corrected chi connectivity index (χ0v) is 17.6. The maximum Gasteiger partial charge on any atom is 0.222 e. The van der Waals surface area contributed by atoms with Crippen LogP contribution in [-0.2, 0) is 11.2 Å². The number of amides is 1. The number of nitrogens with zero attached hydrogens (tertiary/aromatic N) is 3. The lowest BCUT2D eigenvalue weighted by Crippen LogP contribution is -2.34. The van der Waals surface area contributed by atoms with Crippen LogP contribution in [0.4, 0.5) is 5.69 Å². The van der Waals surface area contributed by atoms with Crippen molar-refractivity contribution in [1.82, 2.24) is 4.90 Å². The highest BCUT2D eigenvalue weighted by Crippen LogP contribution is 2.40. The molecule has 1 saturated heterocycles. The van der Waals surface area contributed by atoms with E-state index in [0.29, 0.717) is 31.7 Å². The van der Waals surface area contributed by atoms with E-state index >= 15 is 0 Å². The lowest BCUT2D eigenvalue weighted by molar-refractivity contribution is -0.128. The van der Waals surface area contributed by atoms with Crippen molar-refractivity contribution in [2.45, 2.75) is 57.5 Å². The van der Waals surface area contributed by atoms with Gasteiger partial charge in [0.1, 0.15) is 12.4 Å². The first kappa shape index (κ1) is 19.8. The summed E-state index contributed by atoms with van der Waals surface area (Å²) in [5, 5.41) is 0. The average molecular weight is 397 g/mol. The van der Waals surface area contributed by atoms with E-state index in [2.05, 4.69) is 36.0 Å². The Morgan fingerprint density at radius 1 is 1.31 bits per heavy atom. The summed E-state index contributed by atoms with van der Waals surface area (Å²) in [5.74, 6) is 1.13. The van der Waals surface area contributed by atoms with Crippen molar-refractivity contribution < 1.29 is 9.53 Å². The van der Waals surface area contributed by atoms with Crippen LogP contribution in [-0.4, -0.2) is 55.8 Å². The van der Waals surface area contributed by atoms with Gasteiger partial charge in [-0.1, -0.05) is 0 Å². The highest BCUT2D eigenvalue weighted by Gasteiger charge is 2.27. The summed E-state index contributed by atoms with van der Waals surface area (Å²) in [6.45, 7) is 4.21. The number of anilines is 1. The zero-order valence-electron chi connectivity index (χ0n) is 17.6. The van der Waals surface area contributed by atoms with Crippen LogP contribution in [0.25, 0.3) is 5.57 Å². The first-order valence-corrected chi connectivity index (χ1v) is 10.8. The summed E-state index contributed by atoms with van der Waals surface area (Å²) < 4.78 is 6.36. The summed E-state index contributed by atoms with van der Waals surface area (Å²) in [5.41, 5.74) is 10.3. The van der Waals surface area contributed by atoms with Crippen LogP contribution < -0.4 is 15.4 Å². The molecule has 1 unspecified atom stereocenters. The molecular weight excluding hydrogens is 364 g/mol. The number of likely N-dealkylation sites (tertiary alicyclic amines) is 1. The van der Waals surface area contributed by atoms with Crippen LogP contribution in [0.3, 0.4) is 0 Å². The number of aliphatic imine (C=N–C) groups is 1. The average Bonchev–Trinajstić information content (AvgIpc) is 3.46. The van der Waals surface area contributed by atoms with E-state index in [0.717, 1.165) is 55.5 Å². The number of allylic oxidation sites excluding steroid dienone is 1. The molecule has 4 rings (SSSR count). The molecule has 1 aliphatic carbocycles. The van der Waals surface area contributed by atoms with Gasteiger partial charge in [-0.15, -0.1) is 0 Å². The van der Waals surface area contributed by atoms with Crippen LogP contribution in [0, 0.1) is 0 Å². The van der Waals surface area contributed by atoms with Gasteiger partial charge < -0.3 is 20.3 Å². The molecule has 6 nitrogen and oxygen atoms in total. The van der Waals surface area contributed by atoms with Crippen molar-refractivity contribution in [3.8, 4) is 5.75 Å². The molecule has 6 heteroatoms. The van der Waals surface area contributed by atoms with E-state index in [1.807, 2.05) is 11.1 Å². The number of benzene rings is 1. The Balaban J connectivity index is 1.61. The van der Waals surface area contributed by atoms with Crippen LogP contribution in [0.2, 0.25) is 0 Å². The molecule has 2 aliphatic heterocycles. The number of hydrogen-bond donors (Lipinski definition) is 1. The first-order valence-electron chi connectivity index (χ1n) is 10.8. The Morgan fingerprint density at radius 2 is 2.14 bits per heavy atom. The third-order valence-electron chi connectivity index (χ3n) is 6.33. The monoisotopic (exact) mass is 396 g/mol. The molecule has 0 radical (unpaired) electrons. The summed E-state index contributed by atoms with van der Waals surface area (Å²) in [7, 11) is 2.14. The van der Waals surface area contributed by atoms with Crippen molar-refractivity contribution in [2.75, 3.05) is 31.6 Å². The fourth-order valence-corrected chi connectivity index (χ4v) is 4.18. The minimum Gasteiger partial charge on any atom is -0.491 e. The van der Waals surface area contributed by atoms with Gasteiger partial charge in [0.2, 0.25) is 5.91 Å². The number of hydrogen-bond acceptors (Lipinski definition) is 5. The largest absolute Gasteiger partial charge is 0.491 e. The fourth-order valence-electron chi connectivity index (χ4n) is 4.18. The van der Waals surface area contributed by atoms with Gasteiger partial charge in [-0.3, -0.25) is 9.79 Å². The lowest BCUT2D eigenvalue weighted by atomic mass is 9.92. The lowest BCUT2D eigenvalue weighted by Gasteiger charge is -2.35. The maximum absolute atomic E-state index is 11.9. The van der Waals surface area contributed by atoms with Gasteiger partial charge in [0, 0.05) is 60.9 Å². The van der Waals surface area contributed by atoms with Crippen LogP contribution in [0.1, 0.15) is 50.2 Å². The van der Waals surface area contributed by atoms with Gasteiger partial charge in [-0.25, -0.2) is 0 Å². The van der Waals surface area contributed by atoms with E-state index < -0.39 is 0 Å². The summed E-state index contributed by atoms with van der Waals surface area (Å²) in [6, 6.07) is 5.22. The second kappa shape index (κ2) is 8.47. The number of fused-ring (bicyclic) bond motifs is 1. The summed E-state index contributed by atoms with van der Waals surface area (Å²) >= 11 is 0. The van der Waals surface area contributed by atoms with Crippen molar-refractivity contribution in [3.05, 3.63) is 29.5 Å². The minimum absolute atomic E-state index is 0.233. The van der Waals surface area contributed by atoms with Gasteiger partial charge >= 0.3 is 0 Å². The third-order valence-corrected chi connectivity index (χ3v) is 6.33. The van der Waals surface area contributed by atoms with Gasteiger partial charge in [-0.05, 0) is 51.2 Å². The fraction of sp³-hybridized carbons (Fsp3) is 0.565. The molecule has 2 heterocycles. The Kier molecular flexibility index (Phi) is 5.79. The highest BCUT2D eigenvalue weighted by atomic mass is 16.5. The quantitative estimate of drug-likeness (QED) is 0.719. The minimum atomic E-state index is 0.233. The number of ether oxygens (including phenoxy) is 1. The highest BCUT2D eigenvalue weighted by molar-refractivity contribution is 6.11. The van der Waals surface area contributed by atoms with E-state index in [1.165, 1.54) is 11.3 Å². The standard InChI is InChI=1S/C23H32N4O2/c1-16-5-8-20-21(26(16)2)10-9-19(17(14-24)15-25-18-6-7-18)23(20)29-13-12-27-11-3-4-22(27)28/h9-10,14-16,18H,3-8,11-13,24H2,1-2H3. The Labute approximate surface area is 173 Å². The molecular formula is C23H32N4O2. The molecule has 1 atom stereocenters. The molecule has 29 heavy (non-hydrogen) atoms. The number of carbonyl (C=O) groups is 1. The summed E-state index contributed by atoms with van der Waals surface area (Å²) in [6.07, 6.45) is 9.52. The van der Waals surface area contributed by atoms with Crippen molar-refractivity contribution in [1.29, 1.82) is 0 Å². The predicted octanol–water partition coefficient (Wildman–Crippen LogP) is 2.99. The van der Waals surface area contributed by atoms with E-state index in [9.17, 15) is 4.79 Å².